The molecule has 3 N–H and O–H groups in total. The van der Waals surface area contributed by atoms with Gasteiger partial charge in [-0.3, -0.25) is 14.5 Å². The Morgan fingerprint density at radius 3 is 2.52 bits per heavy atom. The second-order valence-corrected chi connectivity index (χ2v) is 8.77. The number of esters is 1. The Balaban J connectivity index is 1.78. The summed E-state index contributed by atoms with van der Waals surface area (Å²) in [5.74, 6) is -1.04. The molecule has 0 spiro atoms. The van der Waals surface area contributed by atoms with Crippen LogP contribution in [0.25, 0.3) is 11.1 Å². The minimum absolute atomic E-state index is 0.118. The molecule has 2 heterocycles. The number of thiophene rings is 1. The van der Waals surface area contributed by atoms with Crippen molar-refractivity contribution < 1.29 is 19.1 Å². The lowest BCUT2D eigenvalue weighted by atomic mass is 9.96. The van der Waals surface area contributed by atoms with E-state index in [1.54, 1.807) is 6.92 Å². The number of primary amides is 1. The van der Waals surface area contributed by atoms with E-state index in [1.807, 2.05) is 36.3 Å². The molecule has 0 unspecified atom stereocenters. The number of rotatable bonds is 7. The van der Waals surface area contributed by atoms with E-state index >= 15 is 0 Å². The first-order chi connectivity index (χ1) is 14.8. The summed E-state index contributed by atoms with van der Waals surface area (Å²) in [5, 5.41) is 5.28. The van der Waals surface area contributed by atoms with Crippen LogP contribution in [0.5, 0.6) is 0 Å². The van der Waals surface area contributed by atoms with Gasteiger partial charge in [-0.15, -0.1) is 11.3 Å². The Morgan fingerprint density at radius 1 is 1.19 bits per heavy atom. The molecule has 1 aromatic carbocycles. The highest BCUT2D eigenvalue weighted by Crippen LogP contribution is 2.38. The lowest BCUT2D eigenvalue weighted by Gasteiger charge is -2.29. The smallest absolute Gasteiger partial charge is 0.341 e. The van der Waals surface area contributed by atoms with Crippen molar-refractivity contribution in [3.8, 4) is 11.1 Å². The van der Waals surface area contributed by atoms with Gasteiger partial charge in [0.05, 0.1) is 13.2 Å². The molecule has 1 aliphatic rings. The van der Waals surface area contributed by atoms with Gasteiger partial charge in [-0.1, -0.05) is 23.8 Å². The van der Waals surface area contributed by atoms with E-state index in [9.17, 15) is 14.4 Å². The average Bonchev–Trinajstić information content (AvgIpc) is 3.11. The van der Waals surface area contributed by atoms with Gasteiger partial charge in [0.1, 0.15) is 10.6 Å². The van der Waals surface area contributed by atoms with E-state index < -0.39 is 5.97 Å². The quantitative estimate of drug-likeness (QED) is 0.639. The van der Waals surface area contributed by atoms with Crippen molar-refractivity contribution in [1.82, 2.24) is 4.90 Å². The molecule has 0 radical (unpaired) electrons. The molecule has 1 aliphatic heterocycles. The summed E-state index contributed by atoms with van der Waals surface area (Å²) in [7, 11) is 0. The molecule has 0 aliphatic carbocycles. The zero-order valence-corrected chi connectivity index (χ0v) is 19.0. The largest absolute Gasteiger partial charge is 0.462 e. The number of anilines is 1. The SMILES string of the molecule is CCOC(=O)c1c(-c2ccc(C)cc2C)csc1NC(=O)CN1CCC(C(N)=O)CC1. The highest BCUT2D eigenvalue weighted by atomic mass is 32.1. The summed E-state index contributed by atoms with van der Waals surface area (Å²) in [6.45, 7) is 7.52. The lowest BCUT2D eigenvalue weighted by Crippen LogP contribution is -2.42. The second kappa shape index (κ2) is 10.1. The Morgan fingerprint density at radius 2 is 1.90 bits per heavy atom. The molecule has 3 rings (SSSR count). The average molecular weight is 444 g/mol. The second-order valence-electron chi connectivity index (χ2n) is 7.89. The number of likely N-dealkylation sites (tertiary alicyclic amines) is 1. The van der Waals surface area contributed by atoms with E-state index in [0.717, 1.165) is 22.3 Å². The molecule has 0 bridgehead atoms. The van der Waals surface area contributed by atoms with E-state index in [-0.39, 0.29) is 30.9 Å². The van der Waals surface area contributed by atoms with Crippen LogP contribution in [-0.4, -0.2) is 48.9 Å². The minimum atomic E-state index is -0.448. The zero-order chi connectivity index (χ0) is 22.5. The Kier molecular flexibility index (Phi) is 7.46. The van der Waals surface area contributed by atoms with E-state index in [1.165, 1.54) is 11.3 Å². The van der Waals surface area contributed by atoms with Crippen LogP contribution in [0.1, 0.15) is 41.3 Å². The van der Waals surface area contributed by atoms with Gasteiger partial charge in [0.25, 0.3) is 0 Å². The summed E-state index contributed by atoms with van der Waals surface area (Å²) in [5.41, 5.74) is 9.67. The van der Waals surface area contributed by atoms with Crippen molar-refractivity contribution in [3.63, 3.8) is 0 Å². The third-order valence-corrected chi connectivity index (χ3v) is 6.45. The van der Waals surface area contributed by atoms with Crippen LogP contribution in [0.2, 0.25) is 0 Å². The molecule has 0 atom stereocenters. The summed E-state index contributed by atoms with van der Waals surface area (Å²) in [6, 6.07) is 6.06. The van der Waals surface area contributed by atoms with Crippen LogP contribution < -0.4 is 11.1 Å². The molecule has 2 amide bonds. The summed E-state index contributed by atoms with van der Waals surface area (Å²) in [4.78, 5) is 38.8. The predicted octanol–water partition coefficient (Wildman–Crippen LogP) is 3.34. The number of benzene rings is 1. The fraction of sp³-hybridized carbons (Fsp3) is 0.435. The molecule has 2 aromatic rings. The standard InChI is InChI=1S/C23H29N3O4S/c1-4-30-23(29)20-18(17-6-5-14(2)11-15(17)3)13-31-22(20)25-19(27)12-26-9-7-16(8-10-26)21(24)28/h5-6,11,13,16H,4,7-10,12H2,1-3H3,(H2,24,28)(H,25,27). The molecule has 1 aromatic heterocycles. The van der Waals surface area contributed by atoms with Crippen molar-refractivity contribution in [3.05, 3.63) is 40.3 Å². The van der Waals surface area contributed by atoms with E-state index in [0.29, 0.717) is 36.5 Å². The first-order valence-electron chi connectivity index (χ1n) is 10.5. The summed E-state index contributed by atoms with van der Waals surface area (Å²) >= 11 is 1.32. The van der Waals surface area contributed by atoms with E-state index in [4.69, 9.17) is 10.5 Å². The monoisotopic (exact) mass is 443 g/mol. The first kappa shape index (κ1) is 23.0. The number of hydrogen-bond acceptors (Lipinski definition) is 6. The molecule has 31 heavy (non-hydrogen) atoms. The number of aryl methyl sites for hydroxylation is 2. The molecule has 1 fully saturated rings. The van der Waals surface area contributed by atoms with Crippen LogP contribution in [0.3, 0.4) is 0 Å². The number of amides is 2. The number of carbonyl (C=O) groups excluding carboxylic acids is 3. The highest BCUT2D eigenvalue weighted by Gasteiger charge is 2.26. The van der Waals surface area contributed by atoms with Crippen molar-refractivity contribution in [2.75, 3.05) is 31.6 Å². The van der Waals surface area contributed by atoms with Gasteiger partial charge in [0.2, 0.25) is 11.8 Å². The van der Waals surface area contributed by atoms with Crippen LogP contribution in [-0.2, 0) is 14.3 Å². The summed E-state index contributed by atoms with van der Waals surface area (Å²) in [6.07, 6.45) is 1.32. The van der Waals surface area contributed by atoms with Crippen molar-refractivity contribution in [2.24, 2.45) is 11.7 Å². The minimum Gasteiger partial charge on any atom is -0.462 e. The predicted molar refractivity (Wildman–Crippen MR) is 122 cm³/mol. The number of ether oxygens (including phenoxy) is 1. The van der Waals surface area contributed by atoms with Gasteiger partial charge in [-0.2, -0.15) is 0 Å². The Labute approximate surface area is 186 Å². The van der Waals surface area contributed by atoms with Crippen LogP contribution >= 0.6 is 11.3 Å². The number of piperidine rings is 1. The van der Waals surface area contributed by atoms with Gasteiger partial charge in [-0.25, -0.2) is 4.79 Å². The lowest BCUT2D eigenvalue weighted by molar-refractivity contribution is -0.123. The molecular formula is C23H29N3O4S. The fourth-order valence-electron chi connectivity index (χ4n) is 3.91. The topological polar surface area (TPSA) is 102 Å². The fourth-order valence-corrected chi connectivity index (χ4v) is 4.88. The summed E-state index contributed by atoms with van der Waals surface area (Å²) < 4.78 is 5.28. The van der Waals surface area contributed by atoms with Crippen LogP contribution in [0, 0.1) is 19.8 Å². The molecular weight excluding hydrogens is 414 g/mol. The van der Waals surface area contributed by atoms with E-state index in [2.05, 4.69) is 11.4 Å². The highest BCUT2D eigenvalue weighted by molar-refractivity contribution is 7.15. The molecule has 8 heteroatoms. The number of nitrogens with one attached hydrogen (secondary N) is 1. The van der Waals surface area contributed by atoms with Gasteiger partial charge in [0, 0.05) is 16.9 Å². The van der Waals surface area contributed by atoms with Gasteiger partial charge >= 0.3 is 5.97 Å². The maximum Gasteiger partial charge on any atom is 0.341 e. The van der Waals surface area contributed by atoms with Gasteiger partial charge < -0.3 is 15.8 Å². The molecule has 1 saturated heterocycles. The van der Waals surface area contributed by atoms with Gasteiger partial charge in [-0.05, 0) is 57.8 Å². The van der Waals surface area contributed by atoms with Crippen LogP contribution in [0.4, 0.5) is 5.00 Å². The Hall–Kier alpha value is -2.71. The maximum atomic E-state index is 12.7. The normalized spacial score (nSPS) is 14.9. The number of nitrogens with zero attached hydrogens (tertiary/aromatic N) is 1. The van der Waals surface area contributed by atoms with Crippen LogP contribution in [0.15, 0.2) is 23.6 Å². The number of nitrogens with two attached hydrogens (primary N) is 1. The first-order valence-corrected chi connectivity index (χ1v) is 11.4. The third-order valence-electron chi connectivity index (χ3n) is 5.55. The Bertz CT molecular complexity index is 977. The van der Waals surface area contributed by atoms with Crippen molar-refractivity contribution >= 4 is 34.1 Å². The third kappa shape index (κ3) is 5.51. The number of hydrogen-bond donors (Lipinski definition) is 2. The van der Waals surface area contributed by atoms with Gasteiger partial charge in [0.15, 0.2) is 0 Å². The molecule has 166 valence electrons. The molecule has 0 saturated carbocycles. The zero-order valence-electron chi connectivity index (χ0n) is 18.2. The maximum absolute atomic E-state index is 12.7. The molecule has 7 nitrogen and oxygen atoms in total. The number of carbonyl (C=O) groups is 3. The van der Waals surface area contributed by atoms with Crippen molar-refractivity contribution in [2.45, 2.75) is 33.6 Å². The van der Waals surface area contributed by atoms with Crippen molar-refractivity contribution in [1.29, 1.82) is 0 Å².